The topological polar surface area (TPSA) is 122 Å². The minimum absolute atomic E-state index is 0.315. The molecule has 4 N–H and O–H groups in total. The molecule has 2 aromatic carbocycles. The number of nitrogens with two attached hydrogens (primary N) is 1. The number of nitrogens with one attached hydrogen (secondary N) is 2. The molecule has 0 aromatic heterocycles. The van der Waals surface area contributed by atoms with Crippen LogP contribution < -0.4 is 16.4 Å². The zero-order valence-electron chi connectivity index (χ0n) is 15.6. The van der Waals surface area contributed by atoms with Gasteiger partial charge in [0.15, 0.2) is 0 Å². The van der Waals surface area contributed by atoms with Crippen LogP contribution in [0.4, 0.5) is 10.5 Å². The lowest BCUT2D eigenvalue weighted by atomic mass is 9.76. The standard InChI is InChI=1S/C21H20N4O4/c22-18(27)14-7-9-15(10-8-14)23-17(26)12-25-19(28)21(24-20(25)29)11-3-5-13-4-1-2-6-16(13)21/h1-2,4,6-10H,3,5,11-12H2,(H2,22,27)(H,23,26)(H,24,29)/t21-/m0/s1. The van der Waals surface area contributed by atoms with E-state index in [9.17, 15) is 19.2 Å². The van der Waals surface area contributed by atoms with Crippen LogP contribution in [0.3, 0.4) is 0 Å². The molecule has 1 atom stereocenters. The molecule has 0 saturated carbocycles. The predicted molar refractivity (Wildman–Crippen MR) is 105 cm³/mol. The maximum atomic E-state index is 13.2. The molecule has 2 aromatic rings. The van der Waals surface area contributed by atoms with E-state index in [0.29, 0.717) is 17.7 Å². The van der Waals surface area contributed by atoms with Gasteiger partial charge in [0.25, 0.3) is 5.91 Å². The van der Waals surface area contributed by atoms with Crippen molar-refractivity contribution in [3.05, 3.63) is 65.2 Å². The van der Waals surface area contributed by atoms with Gasteiger partial charge < -0.3 is 16.4 Å². The van der Waals surface area contributed by atoms with Gasteiger partial charge in [0.1, 0.15) is 12.1 Å². The molecular formula is C21H20N4O4. The van der Waals surface area contributed by atoms with Crippen molar-refractivity contribution in [3.63, 3.8) is 0 Å². The van der Waals surface area contributed by atoms with Gasteiger partial charge in [-0.1, -0.05) is 24.3 Å². The van der Waals surface area contributed by atoms with E-state index in [4.69, 9.17) is 5.73 Å². The monoisotopic (exact) mass is 392 g/mol. The number of imide groups is 1. The van der Waals surface area contributed by atoms with Crippen LogP contribution in [0.25, 0.3) is 0 Å². The molecule has 4 rings (SSSR count). The molecule has 1 aliphatic carbocycles. The molecule has 0 unspecified atom stereocenters. The summed E-state index contributed by atoms with van der Waals surface area (Å²) in [6.07, 6.45) is 2.12. The van der Waals surface area contributed by atoms with Crippen LogP contribution in [-0.4, -0.2) is 35.2 Å². The fraction of sp³-hybridized carbons (Fsp3) is 0.238. The van der Waals surface area contributed by atoms with Gasteiger partial charge in [-0.15, -0.1) is 0 Å². The highest BCUT2D eigenvalue weighted by molar-refractivity contribution is 6.10. The number of urea groups is 1. The minimum Gasteiger partial charge on any atom is -0.366 e. The average Bonchev–Trinajstić information content (AvgIpc) is 2.93. The zero-order valence-corrected chi connectivity index (χ0v) is 15.6. The van der Waals surface area contributed by atoms with Gasteiger partial charge in [0.2, 0.25) is 11.8 Å². The fourth-order valence-electron chi connectivity index (χ4n) is 4.02. The van der Waals surface area contributed by atoms with Crippen LogP contribution in [0, 0.1) is 0 Å². The summed E-state index contributed by atoms with van der Waals surface area (Å²) in [6.45, 7) is -0.397. The Hall–Kier alpha value is -3.68. The van der Waals surface area contributed by atoms with Crippen molar-refractivity contribution >= 4 is 29.4 Å². The third kappa shape index (κ3) is 3.22. The Morgan fingerprint density at radius 1 is 1.10 bits per heavy atom. The van der Waals surface area contributed by atoms with E-state index in [1.165, 1.54) is 24.3 Å². The van der Waals surface area contributed by atoms with Gasteiger partial charge in [-0.2, -0.15) is 0 Å². The smallest absolute Gasteiger partial charge is 0.325 e. The van der Waals surface area contributed by atoms with Crippen molar-refractivity contribution in [2.75, 3.05) is 11.9 Å². The van der Waals surface area contributed by atoms with E-state index in [0.717, 1.165) is 28.9 Å². The lowest BCUT2D eigenvalue weighted by Crippen LogP contribution is -2.47. The largest absolute Gasteiger partial charge is 0.366 e. The summed E-state index contributed by atoms with van der Waals surface area (Å²) in [5.41, 5.74) is 6.68. The van der Waals surface area contributed by atoms with Crippen LogP contribution >= 0.6 is 0 Å². The van der Waals surface area contributed by atoms with Crippen molar-refractivity contribution in [2.24, 2.45) is 5.73 Å². The SMILES string of the molecule is NC(=O)c1ccc(NC(=O)CN2C(=O)N[C@]3(CCCc4ccccc43)C2=O)cc1. The molecule has 5 amide bonds. The summed E-state index contributed by atoms with van der Waals surface area (Å²) >= 11 is 0. The van der Waals surface area contributed by atoms with Crippen molar-refractivity contribution in [1.29, 1.82) is 0 Å². The molecule has 0 radical (unpaired) electrons. The first kappa shape index (κ1) is 18.7. The van der Waals surface area contributed by atoms with Crippen LogP contribution in [0.5, 0.6) is 0 Å². The average molecular weight is 392 g/mol. The number of aryl methyl sites for hydroxylation is 1. The molecule has 1 aliphatic heterocycles. The number of carbonyl (C=O) groups is 4. The van der Waals surface area contributed by atoms with Crippen molar-refractivity contribution in [1.82, 2.24) is 10.2 Å². The van der Waals surface area contributed by atoms with Crippen LogP contribution in [0.1, 0.15) is 34.3 Å². The van der Waals surface area contributed by atoms with Gasteiger partial charge >= 0.3 is 6.03 Å². The Balaban J connectivity index is 1.50. The first-order valence-electron chi connectivity index (χ1n) is 9.33. The van der Waals surface area contributed by atoms with Crippen LogP contribution in [0.15, 0.2) is 48.5 Å². The summed E-state index contributed by atoms with van der Waals surface area (Å²) in [5, 5.41) is 5.44. The molecule has 29 heavy (non-hydrogen) atoms. The number of hydrogen-bond donors (Lipinski definition) is 3. The third-order valence-electron chi connectivity index (χ3n) is 5.41. The Morgan fingerprint density at radius 2 is 1.83 bits per heavy atom. The second-order valence-corrected chi connectivity index (χ2v) is 7.23. The molecule has 8 nitrogen and oxygen atoms in total. The lowest BCUT2D eigenvalue weighted by molar-refractivity contribution is -0.134. The Kier molecular flexibility index (Phi) is 4.54. The maximum Gasteiger partial charge on any atom is 0.325 e. The number of carbonyl (C=O) groups excluding carboxylic acids is 4. The van der Waals surface area contributed by atoms with E-state index in [1.54, 1.807) is 0 Å². The highest BCUT2D eigenvalue weighted by Crippen LogP contribution is 2.39. The molecule has 1 saturated heterocycles. The van der Waals surface area contributed by atoms with Crippen molar-refractivity contribution in [3.8, 4) is 0 Å². The van der Waals surface area contributed by atoms with Gasteiger partial charge in [0, 0.05) is 11.3 Å². The van der Waals surface area contributed by atoms with Gasteiger partial charge in [-0.25, -0.2) is 4.79 Å². The number of rotatable bonds is 4. The van der Waals surface area contributed by atoms with E-state index in [1.807, 2.05) is 24.3 Å². The highest BCUT2D eigenvalue weighted by Gasteiger charge is 2.54. The summed E-state index contributed by atoms with van der Waals surface area (Å²) in [7, 11) is 0. The fourth-order valence-corrected chi connectivity index (χ4v) is 4.02. The quantitative estimate of drug-likeness (QED) is 0.683. The highest BCUT2D eigenvalue weighted by atomic mass is 16.2. The van der Waals surface area contributed by atoms with Gasteiger partial charge in [-0.05, 0) is 54.7 Å². The first-order chi connectivity index (χ1) is 13.9. The number of primary amides is 1. The van der Waals surface area contributed by atoms with E-state index < -0.39 is 35.8 Å². The third-order valence-corrected chi connectivity index (χ3v) is 5.41. The normalized spacial score (nSPS) is 20.3. The van der Waals surface area contributed by atoms with E-state index in [-0.39, 0.29) is 0 Å². The van der Waals surface area contributed by atoms with Gasteiger partial charge in [-0.3, -0.25) is 19.3 Å². The first-order valence-corrected chi connectivity index (χ1v) is 9.33. The zero-order chi connectivity index (χ0) is 20.6. The molecular weight excluding hydrogens is 372 g/mol. The molecule has 148 valence electrons. The van der Waals surface area contributed by atoms with Crippen molar-refractivity contribution in [2.45, 2.75) is 24.8 Å². The number of fused-ring (bicyclic) bond motifs is 2. The van der Waals surface area contributed by atoms with Gasteiger partial charge in [0.05, 0.1) is 0 Å². The van der Waals surface area contributed by atoms with Crippen molar-refractivity contribution < 1.29 is 19.2 Å². The minimum atomic E-state index is -1.10. The number of hydrogen-bond acceptors (Lipinski definition) is 4. The number of benzene rings is 2. The predicted octanol–water partition coefficient (Wildman–Crippen LogP) is 1.51. The summed E-state index contributed by atoms with van der Waals surface area (Å²) in [6, 6.07) is 13.0. The Bertz CT molecular complexity index is 1020. The molecule has 8 heteroatoms. The molecule has 1 fully saturated rings. The van der Waals surface area contributed by atoms with Crippen LogP contribution in [0.2, 0.25) is 0 Å². The lowest BCUT2D eigenvalue weighted by Gasteiger charge is -2.33. The molecule has 0 bridgehead atoms. The van der Waals surface area contributed by atoms with Crippen LogP contribution in [-0.2, 0) is 21.5 Å². The molecule has 1 heterocycles. The molecule has 2 aliphatic rings. The molecule has 1 spiro atoms. The maximum absolute atomic E-state index is 13.2. The number of amides is 5. The number of nitrogens with zero attached hydrogens (tertiary/aromatic N) is 1. The second kappa shape index (κ2) is 7.05. The van der Waals surface area contributed by atoms with E-state index in [2.05, 4.69) is 10.6 Å². The summed E-state index contributed by atoms with van der Waals surface area (Å²) in [4.78, 5) is 50.2. The summed E-state index contributed by atoms with van der Waals surface area (Å²) in [5.74, 6) is -1.49. The number of anilines is 1. The van der Waals surface area contributed by atoms with E-state index >= 15 is 0 Å². The Morgan fingerprint density at radius 3 is 2.55 bits per heavy atom. The Labute approximate surface area is 167 Å². The summed E-state index contributed by atoms with van der Waals surface area (Å²) < 4.78 is 0. The second-order valence-electron chi connectivity index (χ2n) is 7.23.